The molecule has 2 aromatic rings. The van der Waals surface area contributed by atoms with Crippen LogP contribution in [0.2, 0.25) is 0 Å². The number of piperazine rings is 1. The number of amides is 5. The predicted molar refractivity (Wildman–Crippen MR) is 203 cm³/mol. The standard InChI is InChI=1S/C40H47F3N8O6/c1-26(38(55)47-30-8-7-29(23-44)32(22-30)40(41,42)43)25-57-31-9-5-27(6-10-31)24-46-35(52)4-2-3-15-50-16-18-51(19-17-50)34-20-28(13-14-45-34)21-37(54)48-33-11-12-36(53)49-39(33)56/h5-10,13-14,22,26,28,33H,2-4,11-12,15-21,24-25H2,1H3,(H,46,52)(H,47,55)(H,48,54)(H,49,53,56)/t26-,28?,33?/m1/s1. The first-order valence-corrected chi connectivity index (χ1v) is 19.0. The first kappa shape index (κ1) is 42.4. The highest BCUT2D eigenvalue weighted by atomic mass is 19.4. The molecule has 3 heterocycles. The monoisotopic (exact) mass is 792 g/mol. The maximum Gasteiger partial charge on any atom is 0.417 e. The topological polar surface area (TPSA) is 185 Å². The van der Waals surface area contributed by atoms with Crippen molar-refractivity contribution in [2.75, 3.05) is 44.6 Å². The lowest BCUT2D eigenvalue weighted by Gasteiger charge is -2.37. The van der Waals surface area contributed by atoms with Gasteiger partial charge in [-0.25, -0.2) is 4.99 Å². The number of unbranched alkanes of at least 4 members (excludes halogenated alkanes) is 1. The normalized spacial score (nSPS) is 19.1. The van der Waals surface area contributed by atoms with Gasteiger partial charge in [0.15, 0.2) is 0 Å². The van der Waals surface area contributed by atoms with Gasteiger partial charge in [0.25, 0.3) is 0 Å². The Labute approximate surface area is 328 Å². The number of halogens is 3. The maximum absolute atomic E-state index is 13.3. The van der Waals surface area contributed by atoms with Crippen LogP contribution in [0, 0.1) is 23.2 Å². The van der Waals surface area contributed by atoms with Crippen molar-refractivity contribution in [3.8, 4) is 11.8 Å². The first-order chi connectivity index (χ1) is 27.3. The number of carbonyl (C=O) groups is 5. The number of hydrogen-bond acceptors (Lipinski definition) is 10. The molecule has 3 atom stereocenters. The van der Waals surface area contributed by atoms with E-state index in [2.05, 4.69) is 36.1 Å². The Morgan fingerprint density at radius 3 is 2.51 bits per heavy atom. The molecule has 0 spiro atoms. The van der Waals surface area contributed by atoms with Gasteiger partial charge in [0.1, 0.15) is 17.6 Å². The molecule has 2 fully saturated rings. The molecule has 3 aliphatic heterocycles. The summed E-state index contributed by atoms with van der Waals surface area (Å²) in [6, 6.07) is 10.8. The van der Waals surface area contributed by atoms with Gasteiger partial charge in [-0.3, -0.25) is 34.2 Å². The van der Waals surface area contributed by atoms with E-state index < -0.39 is 41.1 Å². The minimum Gasteiger partial charge on any atom is -0.493 e. The molecule has 3 aliphatic rings. The first-order valence-electron chi connectivity index (χ1n) is 19.0. The van der Waals surface area contributed by atoms with Gasteiger partial charge in [0, 0.05) is 70.3 Å². The lowest BCUT2D eigenvalue weighted by Crippen LogP contribution is -2.52. The third-order valence-electron chi connectivity index (χ3n) is 9.99. The number of ether oxygens (including phenoxy) is 1. The summed E-state index contributed by atoms with van der Waals surface area (Å²) in [5.41, 5.74) is -0.863. The molecule has 57 heavy (non-hydrogen) atoms. The largest absolute Gasteiger partial charge is 0.493 e. The van der Waals surface area contributed by atoms with Crippen LogP contribution >= 0.6 is 0 Å². The molecule has 304 valence electrons. The summed E-state index contributed by atoms with van der Waals surface area (Å²) in [4.78, 5) is 70.2. The Morgan fingerprint density at radius 1 is 1.05 bits per heavy atom. The van der Waals surface area contributed by atoms with Crippen molar-refractivity contribution >= 4 is 41.1 Å². The second-order valence-electron chi connectivity index (χ2n) is 14.4. The summed E-state index contributed by atoms with van der Waals surface area (Å²) in [5.74, 6) is -0.879. The van der Waals surface area contributed by atoms with Crippen LogP contribution in [0.4, 0.5) is 18.9 Å². The van der Waals surface area contributed by atoms with E-state index in [0.29, 0.717) is 31.6 Å². The fourth-order valence-electron chi connectivity index (χ4n) is 6.64. The molecule has 0 aliphatic carbocycles. The number of benzene rings is 2. The zero-order valence-electron chi connectivity index (χ0n) is 31.7. The van der Waals surface area contributed by atoms with Crippen molar-refractivity contribution in [3.63, 3.8) is 0 Å². The van der Waals surface area contributed by atoms with Crippen LogP contribution in [0.25, 0.3) is 0 Å². The van der Waals surface area contributed by atoms with Crippen LogP contribution in [0.5, 0.6) is 5.75 Å². The molecule has 5 amide bonds. The highest BCUT2D eigenvalue weighted by Gasteiger charge is 2.34. The second kappa shape index (κ2) is 19.9. The van der Waals surface area contributed by atoms with Crippen LogP contribution in [-0.4, -0.2) is 90.5 Å². The number of alkyl halides is 3. The number of carbonyl (C=O) groups excluding carboxylic acids is 5. The van der Waals surface area contributed by atoms with E-state index in [9.17, 15) is 37.1 Å². The summed E-state index contributed by atoms with van der Waals surface area (Å²) in [6.07, 6.45) is 2.34. The van der Waals surface area contributed by atoms with Gasteiger partial charge in [-0.2, -0.15) is 18.4 Å². The van der Waals surface area contributed by atoms with E-state index in [-0.39, 0.29) is 48.8 Å². The number of amidine groups is 1. The number of allylic oxidation sites excluding steroid dienone is 1. The highest BCUT2D eigenvalue weighted by molar-refractivity contribution is 6.01. The third-order valence-corrected chi connectivity index (χ3v) is 9.99. The molecule has 5 rings (SSSR count). The quantitative estimate of drug-likeness (QED) is 0.154. The molecule has 2 aromatic carbocycles. The van der Waals surface area contributed by atoms with Gasteiger partial charge in [-0.05, 0) is 67.6 Å². The van der Waals surface area contributed by atoms with E-state index in [1.807, 2.05) is 6.08 Å². The average molecular weight is 793 g/mol. The van der Waals surface area contributed by atoms with Gasteiger partial charge in [-0.1, -0.05) is 25.1 Å². The molecule has 17 heteroatoms. The second-order valence-corrected chi connectivity index (χ2v) is 14.4. The zero-order valence-corrected chi connectivity index (χ0v) is 31.7. The highest BCUT2D eigenvalue weighted by Crippen LogP contribution is 2.33. The fourth-order valence-corrected chi connectivity index (χ4v) is 6.64. The minimum atomic E-state index is -4.73. The van der Waals surface area contributed by atoms with E-state index in [1.165, 1.54) is 12.1 Å². The number of hydrogen-bond donors (Lipinski definition) is 4. The van der Waals surface area contributed by atoms with Crippen LogP contribution in [0.15, 0.2) is 59.7 Å². The maximum atomic E-state index is 13.3. The lowest BCUT2D eigenvalue weighted by molar-refractivity contribution is -0.138. The molecule has 0 bridgehead atoms. The predicted octanol–water partition coefficient (Wildman–Crippen LogP) is 3.88. The Bertz CT molecular complexity index is 1890. The number of rotatable bonds is 15. The summed E-state index contributed by atoms with van der Waals surface area (Å²) in [5, 5.41) is 19.3. The Kier molecular flexibility index (Phi) is 14.8. The smallest absolute Gasteiger partial charge is 0.417 e. The molecule has 0 aromatic heterocycles. The van der Waals surface area contributed by atoms with Crippen molar-refractivity contribution in [1.29, 1.82) is 5.26 Å². The number of imide groups is 1. The average Bonchev–Trinajstić information content (AvgIpc) is 3.19. The minimum absolute atomic E-state index is 0.0222. The van der Waals surface area contributed by atoms with Crippen molar-refractivity contribution in [1.82, 2.24) is 25.8 Å². The Morgan fingerprint density at radius 2 is 1.81 bits per heavy atom. The molecular weight excluding hydrogens is 745 g/mol. The van der Waals surface area contributed by atoms with Crippen LogP contribution in [-0.2, 0) is 36.7 Å². The molecule has 0 saturated carbocycles. The van der Waals surface area contributed by atoms with Gasteiger partial charge in [0.05, 0.1) is 29.7 Å². The van der Waals surface area contributed by atoms with Crippen molar-refractivity contribution in [3.05, 3.63) is 71.4 Å². The van der Waals surface area contributed by atoms with Crippen molar-refractivity contribution in [2.24, 2.45) is 16.8 Å². The van der Waals surface area contributed by atoms with E-state index in [1.54, 1.807) is 37.4 Å². The van der Waals surface area contributed by atoms with Crippen LogP contribution < -0.4 is 26.0 Å². The summed E-state index contributed by atoms with van der Waals surface area (Å²) in [6.45, 7) is 6.15. The number of nitrogens with one attached hydrogen (secondary N) is 4. The molecule has 2 saturated heterocycles. The zero-order chi connectivity index (χ0) is 41.0. The van der Waals surface area contributed by atoms with E-state index in [0.717, 1.165) is 69.1 Å². The summed E-state index contributed by atoms with van der Waals surface area (Å²) >= 11 is 0. The summed E-state index contributed by atoms with van der Waals surface area (Å²) < 4.78 is 45.5. The summed E-state index contributed by atoms with van der Waals surface area (Å²) in [7, 11) is 0. The molecule has 14 nitrogen and oxygen atoms in total. The number of nitrogens with zero attached hydrogens (tertiary/aromatic N) is 4. The van der Waals surface area contributed by atoms with E-state index >= 15 is 0 Å². The number of anilines is 1. The fraction of sp³-hybridized carbons (Fsp3) is 0.475. The van der Waals surface area contributed by atoms with E-state index in [4.69, 9.17) is 10.00 Å². The van der Waals surface area contributed by atoms with Gasteiger partial charge < -0.3 is 25.6 Å². The Hall–Kier alpha value is -5.76. The molecule has 4 N–H and O–H groups in total. The van der Waals surface area contributed by atoms with Gasteiger partial charge in [-0.15, -0.1) is 0 Å². The van der Waals surface area contributed by atoms with Gasteiger partial charge in [0.2, 0.25) is 29.5 Å². The molecule has 2 unspecified atom stereocenters. The van der Waals surface area contributed by atoms with Crippen molar-refractivity contribution < 1.29 is 41.9 Å². The van der Waals surface area contributed by atoms with Gasteiger partial charge >= 0.3 is 6.18 Å². The molecule has 0 radical (unpaired) electrons. The SMILES string of the molecule is C[C@H](COc1ccc(CNC(=O)CCCCN2CCN(C3=NC=CC(CC(=O)NC4CCC(=O)NC4=O)C3)CC2)cc1)C(=O)Nc1ccc(C#N)c(C(F)(F)F)c1. The van der Waals surface area contributed by atoms with Crippen LogP contribution in [0.3, 0.4) is 0 Å². The number of piperidine rings is 1. The lowest BCUT2D eigenvalue weighted by atomic mass is 9.97. The number of nitriles is 1. The molecular formula is C40H47F3N8O6. The van der Waals surface area contributed by atoms with Crippen molar-refractivity contribution in [2.45, 2.75) is 70.6 Å². The Balaban J connectivity index is 0.918. The number of aliphatic imine (C=N–C) groups is 1. The third kappa shape index (κ3) is 12.9. The van der Waals surface area contributed by atoms with Crippen LogP contribution in [0.1, 0.15) is 68.6 Å².